The smallest absolute Gasteiger partial charge is 0.412 e. The van der Waals surface area contributed by atoms with E-state index in [0.29, 0.717) is 0 Å². The zero-order valence-electron chi connectivity index (χ0n) is 15.7. The number of aromatic amines is 1. The van der Waals surface area contributed by atoms with Gasteiger partial charge in [-0.3, -0.25) is 10.4 Å². The predicted molar refractivity (Wildman–Crippen MR) is 107 cm³/mol. The second-order valence-electron chi connectivity index (χ2n) is 6.80. The van der Waals surface area contributed by atoms with Crippen molar-refractivity contribution in [3.05, 3.63) is 65.2 Å². The van der Waals surface area contributed by atoms with Crippen LogP contribution in [0.4, 0.5) is 10.6 Å². The fourth-order valence-corrected chi connectivity index (χ4v) is 4.38. The predicted octanol–water partition coefficient (Wildman–Crippen LogP) is 2.87. The monoisotopic (exact) mass is 427 g/mol. The van der Waals surface area contributed by atoms with E-state index in [-0.39, 0.29) is 12.5 Å². The summed E-state index contributed by atoms with van der Waals surface area (Å²) in [5.41, 5.74) is 3.54. The second-order valence-corrected chi connectivity index (χ2v) is 8.76. The number of fused-ring (bicyclic) bond motifs is 3. The van der Waals surface area contributed by atoms with Gasteiger partial charge in [0.15, 0.2) is 20.7 Å². The number of carboxylic acids is 1. The Hall–Kier alpha value is -3.66. The maximum atomic E-state index is 12.3. The number of hydrogen-bond donors (Lipinski definition) is 3. The molecular weight excluding hydrogens is 410 g/mol. The van der Waals surface area contributed by atoms with Gasteiger partial charge in [0, 0.05) is 12.2 Å². The molecule has 0 atom stereocenters. The molecule has 10 heteroatoms. The van der Waals surface area contributed by atoms with Crippen molar-refractivity contribution in [2.45, 2.75) is 10.9 Å². The molecule has 3 N–H and O–H groups in total. The number of carbonyl (C=O) groups excluding carboxylic acids is 1. The van der Waals surface area contributed by atoms with Gasteiger partial charge in [-0.15, -0.1) is 0 Å². The molecule has 1 aliphatic carbocycles. The lowest BCUT2D eigenvalue weighted by atomic mass is 9.98. The Bertz CT molecular complexity index is 1220. The van der Waals surface area contributed by atoms with Crippen molar-refractivity contribution in [1.29, 1.82) is 0 Å². The fourth-order valence-electron chi connectivity index (χ4n) is 3.61. The minimum Gasteiger partial charge on any atom is -0.477 e. The van der Waals surface area contributed by atoms with Gasteiger partial charge in [-0.2, -0.15) is 5.10 Å². The molecule has 1 aliphatic rings. The van der Waals surface area contributed by atoms with Crippen molar-refractivity contribution in [3.8, 4) is 11.1 Å². The molecular formula is C20H17N3O6S. The minimum absolute atomic E-state index is 0.0195. The first-order valence-corrected chi connectivity index (χ1v) is 10.8. The molecule has 0 spiro atoms. The molecule has 3 aromatic rings. The molecule has 0 aliphatic heterocycles. The molecule has 0 fully saturated rings. The highest BCUT2D eigenvalue weighted by molar-refractivity contribution is 7.90. The lowest BCUT2D eigenvalue weighted by Gasteiger charge is -2.14. The third kappa shape index (κ3) is 3.41. The van der Waals surface area contributed by atoms with Gasteiger partial charge in [0.05, 0.1) is 0 Å². The third-order valence-corrected chi connectivity index (χ3v) is 5.92. The normalized spacial score (nSPS) is 12.8. The molecule has 0 bridgehead atoms. The topological polar surface area (TPSA) is 138 Å². The van der Waals surface area contributed by atoms with Gasteiger partial charge in [-0.05, 0) is 22.3 Å². The van der Waals surface area contributed by atoms with Gasteiger partial charge in [-0.1, -0.05) is 48.5 Å². The van der Waals surface area contributed by atoms with Crippen LogP contribution in [0.2, 0.25) is 0 Å². The molecule has 4 rings (SSSR count). The first-order valence-electron chi connectivity index (χ1n) is 8.91. The van der Waals surface area contributed by atoms with Crippen LogP contribution in [0.5, 0.6) is 0 Å². The Morgan fingerprint density at radius 1 is 1.10 bits per heavy atom. The highest BCUT2D eigenvalue weighted by Gasteiger charge is 2.30. The Morgan fingerprint density at radius 2 is 1.67 bits per heavy atom. The van der Waals surface area contributed by atoms with E-state index in [9.17, 15) is 23.1 Å². The van der Waals surface area contributed by atoms with E-state index in [1.807, 2.05) is 48.5 Å². The van der Waals surface area contributed by atoms with Crippen LogP contribution < -0.4 is 5.32 Å². The molecule has 0 saturated heterocycles. The number of carboxylic acid groups (broad SMARTS) is 1. The summed E-state index contributed by atoms with van der Waals surface area (Å²) in [7, 11) is -3.88. The van der Waals surface area contributed by atoms with Crippen LogP contribution in [0.1, 0.15) is 27.4 Å². The standard InChI is InChI=1S/C20H17N3O6S/c1-30(27,28)18-16(19(24)25)17(22-23-18)21-20(26)29-10-15-13-8-4-2-6-11(13)12-7-3-5-9-14(12)15/h2-9,15H,10H2,1H3,(H,24,25)(H2,21,22,23,26). The number of amides is 1. The highest BCUT2D eigenvalue weighted by atomic mass is 32.2. The number of aromatic nitrogens is 2. The minimum atomic E-state index is -3.88. The Labute approximate surface area is 171 Å². The van der Waals surface area contributed by atoms with Crippen LogP contribution in [0.3, 0.4) is 0 Å². The number of nitrogens with one attached hydrogen (secondary N) is 2. The summed E-state index contributed by atoms with van der Waals surface area (Å²) in [5, 5.41) is 16.7. The summed E-state index contributed by atoms with van der Waals surface area (Å²) < 4.78 is 28.8. The average molecular weight is 427 g/mol. The Kier molecular flexibility index (Phi) is 4.78. The van der Waals surface area contributed by atoms with Crippen LogP contribution >= 0.6 is 0 Å². The molecule has 0 saturated carbocycles. The second kappa shape index (κ2) is 7.30. The number of hydrogen-bond acceptors (Lipinski definition) is 6. The summed E-state index contributed by atoms with van der Waals surface area (Å²) in [6, 6.07) is 15.6. The van der Waals surface area contributed by atoms with Crippen molar-refractivity contribution in [2.75, 3.05) is 18.2 Å². The van der Waals surface area contributed by atoms with Crippen molar-refractivity contribution < 1.29 is 27.9 Å². The van der Waals surface area contributed by atoms with Gasteiger partial charge in [-0.25, -0.2) is 18.0 Å². The summed E-state index contributed by atoms with van der Waals surface area (Å²) in [5.74, 6) is -2.15. The number of carbonyl (C=O) groups is 2. The van der Waals surface area contributed by atoms with Gasteiger partial charge in [0.2, 0.25) is 0 Å². The maximum absolute atomic E-state index is 12.3. The molecule has 9 nitrogen and oxygen atoms in total. The summed E-state index contributed by atoms with van der Waals surface area (Å²) >= 11 is 0. The van der Waals surface area contributed by atoms with E-state index in [2.05, 4.69) is 15.5 Å². The molecule has 0 unspecified atom stereocenters. The van der Waals surface area contributed by atoms with Gasteiger partial charge >= 0.3 is 12.1 Å². The number of ether oxygens (including phenoxy) is 1. The van der Waals surface area contributed by atoms with E-state index < -0.39 is 38.3 Å². The Balaban J connectivity index is 1.53. The SMILES string of the molecule is CS(=O)(=O)c1[nH]nc(NC(=O)OCC2c3ccccc3-c3ccccc32)c1C(=O)O. The fraction of sp³-hybridized carbons (Fsp3) is 0.150. The number of benzene rings is 2. The lowest BCUT2D eigenvalue weighted by Crippen LogP contribution is -2.19. The molecule has 0 radical (unpaired) electrons. The zero-order valence-corrected chi connectivity index (χ0v) is 16.6. The maximum Gasteiger partial charge on any atom is 0.412 e. The molecule has 30 heavy (non-hydrogen) atoms. The first kappa shape index (κ1) is 19.6. The van der Waals surface area contributed by atoms with Crippen molar-refractivity contribution in [2.24, 2.45) is 0 Å². The number of rotatable bonds is 5. The molecule has 1 heterocycles. The first-order chi connectivity index (χ1) is 14.3. The number of aromatic carboxylic acids is 1. The summed E-state index contributed by atoms with van der Waals surface area (Å²) in [6.45, 7) is 0.0195. The summed E-state index contributed by atoms with van der Waals surface area (Å²) in [4.78, 5) is 23.8. The van der Waals surface area contributed by atoms with Crippen LogP contribution in [-0.4, -0.2) is 48.6 Å². The van der Waals surface area contributed by atoms with Gasteiger partial charge in [0.1, 0.15) is 12.2 Å². The van der Waals surface area contributed by atoms with Crippen LogP contribution in [-0.2, 0) is 14.6 Å². The van der Waals surface area contributed by atoms with Crippen LogP contribution in [0.25, 0.3) is 11.1 Å². The molecule has 1 aromatic heterocycles. The van der Waals surface area contributed by atoms with Gasteiger partial charge in [0.25, 0.3) is 0 Å². The number of H-pyrrole nitrogens is 1. The van der Waals surface area contributed by atoms with Crippen LogP contribution in [0, 0.1) is 0 Å². The van der Waals surface area contributed by atoms with E-state index >= 15 is 0 Å². The quantitative estimate of drug-likeness (QED) is 0.569. The number of nitrogens with zero attached hydrogens (tertiary/aromatic N) is 1. The summed E-state index contributed by atoms with van der Waals surface area (Å²) in [6.07, 6.45) is -0.102. The molecule has 1 amide bonds. The number of sulfone groups is 1. The van der Waals surface area contributed by atoms with E-state index in [4.69, 9.17) is 4.74 Å². The number of anilines is 1. The molecule has 154 valence electrons. The lowest BCUT2D eigenvalue weighted by molar-refractivity contribution is 0.0694. The van der Waals surface area contributed by atoms with E-state index in [0.717, 1.165) is 28.5 Å². The Morgan fingerprint density at radius 3 is 2.20 bits per heavy atom. The third-order valence-electron chi connectivity index (χ3n) is 4.88. The van der Waals surface area contributed by atoms with E-state index in [1.165, 1.54) is 0 Å². The molecule has 2 aromatic carbocycles. The zero-order chi connectivity index (χ0) is 21.5. The van der Waals surface area contributed by atoms with E-state index in [1.54, 1.807) is 0 Å². The largest absolute Gasteiger partial charge is 0.477 e. The van der Waals surface area contributed by atoms with Gasteiger partial charge < -0.3 is 9.84 Å². The van der Waals surface area contributed by atoms with Crippen molar-refractivity contribution >= 4 is 27.7 Å². The van der Waals surface area contributed by atoms with Crippen molar-refractivity contribution in [1.82, 2.24) is 10.2 Å². The average Bonchev–Trinajstić information content (AvgIpc) is 3.26. The highest BCUT2D eigenvalue weighted by Crippen LogP contribution is 2.44. The van der Waals surface area contributed by atoms with Crippen LogP contribution in [0.15, 0.2) is 53.6 Å². The van der Waals surface area contributed by atoms with Crippen molar-refractivity contribution in [3.63, 3.8) is 0 Å².